The number of aromatic nitrogens is 1. The highest BCUT2D eigenvalue weighted by atomic mass is 19.4. The molecule has 3 aromatic carbocycles. The number of amides is 1. The number of ether oxygens (including phenoxy) is 2. The maximum absolute atomic E-state index is 13.5. The molecule has 0 saturated heterocycles. The van der Waals surface area contributed by atoms with Crippen LogP contribution in [-0.4, -0.2) is 47.6 Å². The molecular formula is C30H31F3N2O4. The lowest BCUT2D eigenvalue weighted by Crippen LogP contribution is -2.39. The van der Waals surface area contributed by atoms with Crippen molar-refractivity contribution in [3.05, 3.63) is 84.1 Å². The second kappa shape index (κ2) is 12.3. The van der Waals surface area contributed by atoms with Crippen LogP contribution in [0.5, 0.6) is 11.5 Å². The summed E-state index contributed by atoms with van der Waals surface area (Å²) in [5.74, 6) is 0.0220. The quantitative estimate of drug-likeness (QED) is 0.248. The average molecular weight is 541 g/mol. The lowest BCUT2D eigenvalue weighted by molar-refractivity contribution is -0.153. The summed E-state index contributed by atoms with van der Waals surface area (Å²) in [6, 6.07) is 18.7. The Morgan fingerprint density at radius 2 is 1.79 bits per heavy atom. The summed E-state index contributed by atoms with van der Waals surface area (Å²) >= 11 is 0. The lowest BCUT2D eigenvalue weighted by Gasteiger charge is -2.18. The van der Waals surface area contributed by atoms with Gasteiger partial charge >= 0.3 is 6.18 Å². The molecule has 0 radical (unpaired) electrons. The van der Waals surface area contributed by atoms with Crippen LogP contribution in [0.15, 0.2) is 72.9 Å². The van der Waals surface area contributed by atoms with Crippen molar-refractivity contribution in [2.45, 2.75) is 32.0 Å². The number of hydrogen-bond donors (Lipinski definition) is 2. The predicted octanol–water partition coefficient (Wildman–Crippen LogP) is 5.91. The summed E-state index contributed by atoms with van der Waals surface area (Å²) in [6.45, 7) is 0.692. The van der Waals surface area contributed by atoms with Crippen molar-refractivity contribution in [2.24, 2.45) is 7.05 Å². The molecule has 4 aromatic rings. The van der Waals surface area contributed by atoms with Crippen molar-refractivity contribution in [2.75, 3.05) is 19.8 Å². The molecule has 0 unspecified atom stereocenters. The van der Waals surface area contributed by atoms with Gasteiger partial charge in [-0.15, -0.1) is 0 Å². The Labute approximate surface area is 225 Å². The van der Waals surface area contributed by atoms with Gasteiger partial charge in [-0.25, -0.2) is 0 Å². The van der Waals surface area contributed by atoms with Gasteiger partial charge in [0.2, 0.25) is 0 Å². The van der Waals surface area contributed by atoms with Crippen LogP contribution in [0.25, 0.3) is 22.0 Å². The number of alkyl halides is 3. The zero-order valence-electron chi connectivity index (χ0n) is 21.8. The lowest BCUT2D eigenvalue weighted by atomic mass is 10.0. The van der Waals surface area contributed by atoms with Crippen LogP contribution in [0.2, 0.25) is 0 Å². The molecule has 1 amide bonds. The number of aryl methyl sites for hydroxylation is 1. The summed E-state index contributed by atoms with van der Waals surface area (Å²) < 4.78 is 50.5. The van der Waals surface area contributed by atoms with E-state index in [1.54, 1.807) is 30.3 Å². The summed E-state index contributed by atoms with van der Waals surface area (Å²) in [7, 11) is 1.95. The predicted molar refractivity (Wildman–Crippen MR) is 144 cm³/mol. The van der Waals surface area contributed by atoms with Crippen molar-refractivity contribution in [3.63, 3.8) is 0 Å². The molecule has 1 heterocycles. The number of rotatable bonds is 11. The van der Waals surface area contributed by atoms with Crippen LogP contribution in [0.3, 0.4) is 0 Å². The Kier molecular flexibility index (Phi) is 8.81. The highest BCUT2D eigenvalue weighted by Gasteiger charge is 2.28. The molecule has 9 heteroatoms. The molecule has 0 aliphatic heterocycles. The van der Waals surface area contributed by atoms with E-state index in [0.717, 1.165) is 22.9 Å². The molecule has 39 heavy (non-hydrogen) atoms. The van der Waals surface area contributed by atoms with E-state index in [0.29, 0.717) is 29.9 Å². The summed E-state index contributed by atoms with van der Waals surface area (Å²) in [6.07, 6.45) is -1.30. The summed E-state index contributed by atoms with van der Waals surface area (Å²) in [5.41, 5.74) is 3.51. The number of benzene rings is 3. The maximum Gasteiger partial charge on any atom is 0.422 e. The zero-order chi connectivity index (χ0) is 28.0. The van der Waals surface area contributed by atoms with E-state index in [1.165, 1.54) is 12.1 Å². The van der Waals surface area contributed by atoms with Crippen molar-refractivity contribution in [1.82, 2.24) is 9.88 Å². The third-order valence-electron chi connectivity index (χ3n) is 6.26. The van der Waals surface area contributed by atoms with Crippen LogP contribution in [-0.2, 0) is 13.5 Å². The Morgan fingerprint density at radius 1 is 1.03 bits per heavy atom. The molecule has 206 valence electrons. The van der Waals surface area contributed by atoms with Gasteiger partial charge in [0.05, 0.1) is 24.8 Å². The Hall–Kier alpha value is -3.98. The molecule has 2 N–H and O–H groups in total. The number of fused-ring (bicyclic) bond motifs is 1. The molecule has 0 spiro atoms. The standard InChI is InChI=1S/C30H31F3N2O4/c1-3-13-38-28-12-11-21(20-7-6-8-24(15-20)39-19-30(31,32)33)16-26(28)29(37)34-23(18-36)14-22-17-35(2)27-10-5-4-9-25(22)27/h4-12,15-17,23,36H,3,13-14,18-19H2,1-2H3,(H,34,37)/t23-/m1/s1. The first-order valence-electron chi connectivity index (χ1n) is 12.7. The van der Waals surface area contributed by atoms with E-state index in [2.05, 4.69) is 5.32 Å². The van der Waals surface area contributed by atoms with Crippen LogP contribution in [0.1, 0.15) is 29.3 Å². The van der Waals surface area contributed by atoms with Crippen molar-refractivity contribution in [3.8, 4) is 22.6 Å². The minimum Gasteiger partial charge on any atom is -0.493 e. The number of aliphatic hydroxyl groups excluding tert-OH is 1. The molecule has 0 fully saturated rings. The van der Waals surface area contributed by atoms with E-state index in [9.17, 15) is 23.1 Å². The molecular weight excluding hydrogens is 509 g/mol. The minimum atomic E-state index is -4.45. The van der Waals surface area contributed by atoms with Gasteiger partial charge in [0.1, 0.15) is 11.5 Å². The molecule has 4 rings (SSSR count). The first-order valence-corrected chi connectivity index (χ1v) is 12.7. The van der Waals surface area contributed by atoms with Gasteiger partial charge < -0.3 is 24.5 Å². The van der Waals surface area contributed by atoms with E-state index in [1.807, 2.05) is 49.0 Å². The van der Waals surface area contributed by atoms with Crippen molar-refractivity contribution < 1.29 is 32.5 Å². The number of para-hydroxylation sites is 1. The third kappa shape index (κ3) is 7.11. The molecule has 0 bridgehead atoms. The van der Waals surface area contributed by atoms with Gasteiger partial charge in [-0.1, -0.05) is 43.3 Å². The van der Waals surface area contributed by atoms with E-state index < -0.39 is 24.7 Å². The smallest absolute Gasteiger partial charge is 0.422 e. The number of aliphatic hydroxyl groups is 1. The van der Waals surface area contributed by atoms with E-state index >= 15 is 0 Å². The topological polar surface area (TPSA) is 72.7 Å². The fourth-order valence-electron chi connectivity index (χ4n) is 4.43. The van der Waals surface area contributed by atoms with Crippen LogP contribution >= 0.6 is 0 Å². The van der Waals surface area contributed by atoms with Crippen LogP contribution in [0, 0.1) is 0 Å². The minimum absolute atomic E-state index is 0.0672. The number of carbonyl (C=O) groups excluding carboxylic acids is 1. The normalized spacial score (nSPS) is 12.4. The fourth-order valence-corrected chi connectivity index (χ4v) is 4.43. The maximum atomic E-state index is 13.5. The van der Waals surface area contributed by atoms with Crippen LogP contribution < -0.4 is 14.8 Å². The highest BCUT2D eigenvalue weighted by Crippen LogP contribution is 2.30. The molecule has 0 aliphatic rings. The fraction of sp³-hybridized carbons (Fsp3) is 0.300. The Balaban J connectivity index is 1.58. The van der Waals surface area contributed by atoms with Gasteiger partial charge in [0, 0.05) is 24.1 Å². The molecule has 6 nitrogen and oxygen atoms in total. The highest BCUT2D eigenvalue weighted by molar-refractivity contribution is 5.98. The van der Waals surface area contributed by atoms with Gasteiger partial charge in [0.25, 0.3) is 5.91 Å². The summed E-state index contributed by atoms with van der Waals surface area (Å²) in [5, 5.41) is 14.1. The van der Waals surface area contributed by atoms with E-state index in [4.69, 9.17) is 9.47 Å². The van der Waals surface area contributed by atoms with E-state index in [-0.39, 0.29) is 17.9 Å². The third-order valence-corrected chi connectivity index (χ3v) is 6.26. The monoisotopic (exact) mass is 540 g/mol. The first-order chi connectivity index (χ1) is 18.7. The first kappa shape index (κ1) is 28.0. The van der Waals surface area contributed by atoms with Crippen LogP contribution in [0.4, 0.5) is 13.2 Å². The molecule has 1 atom stereocenters. The SMILES string of the molecule is CCCOc1ccc(-c2cccc(OCC(F)(F)F)c2)cc1C(=O)N[C@@H](CO)Cc1cn(C)c2ccccc12. The van der Waals surface area contributed by atoms with Crippen molar-refractivity contribution >= 4 is 16.8 Å². The second-order valence-corrected chi connectivity index (χ2v) is 9.33. The molecule has 0 saturated carbocycles. The molecule has 0 aliphatic carbocycles. The number of halogens is 3. The number of carbonyl (C=O) groups is 1. The van der Waals surface area contributed by atoms with Crippen molar-refractivity contribution in [1.29, 1.82) is 0 Å². The number of nitrogens with one attached hydrogen (secondary N) is 1. The zero-order valence-corrected chi connectivity index (χ0v) is 21.8. The van der Waals surface area contributed by atoms with Gasteiger partial charge in [-0.2, -0.15) is 13.2 Å². The number of hydrogen-bond acceptors (Lipinski definition) is 4. The van der Waals surface area contributed by atoms with Gasteiger partial charge in [-0.3, -0.25) is 4.79 Å². The second-order valence-electron chi connectivity index (χ2n) is 9.33. The largest absolute Gasteiger partial charge is 0.493 e. The number of nitrogens with zero attached hydrogens (tertiary/aromatic N) is 1. The average Bonchev–Trinajstić information content (AvgIpc) is 3.25. The Bertz CT molecular complexity index is 1430. The Morgan fingerprint density at radius 3 is 2.54 bits per heavy atom. The van der Waals surface area contributed by atoms with Gasteiger partial charge in [0.15, 0.2) is 6.61 Å². The van der Waals surface area contributed by atoms with Gasteiger partial charge in [-0.05, 0) is 59.9 Å². The summed E-state index contributed by atoms with van der Waals surface area (Å²) in [4.78, 5) is 13.5. The molecule has 1 aromatic heterocycles.